The number of Topliss-reactive ketones (excluding diaryl/α,β-unsaturated/α-hetero) is 1. The molecule has 7 atom stereocenters. The van der Waals surface area contributed by atoms with E-state index in [9.17, 15) is 9.59 Å². The van der Waals surface area contributed by atoms with Crippen molar-refractivity contribution in [1.29, 1.82) is 0 Å². The predicted molar refractivity (Wildman–Crippen MR) is 81.1 cm³/mol. The maximum atomic E-state index is 12.4. The van der Waals surface area contributed by atoms with Crippen LogP contribution in [0.1, 0.15) is 52.4 Å². The molecule has 118 valence electrons. The van der Waals surface area contributed by atoms with Gasteiger partial charge in [0.2, 0.25) is 0 Å². The molecular weight excluding hydrogens is 276 g/mol. The van der Waals surface area contributed by atoms with E-state index in [0.29, 0.717) is 30.0 Å². The second kappa shape index (κ2) is 3.75. The number of fused-ring (bicyclic) bond motifs is 4. The van der Waals surface area contributed by atoms with Crippen LogP contribution >= 0.6 is 0 Å². The molecule has 4 aliphatic carbocycles. The third kappa shape index (κ3) is 1.30. The van der Waals surface area contributed by atoms with Crippen molar-refractivity contribution in [2.75, 3.05) is 0 Å². The summed E-state index contributed by atoms with van der Waals surface area (Å²) in [5.74, 6) is 2.40. The topological polar surface area (TPSA) is 46.7 Å². The first kappa shape index (κ1) is 13.5. The van der Waals surface area contributed by atoms with Gasteiger partial charge in [-0.05, 0) is 49.5 Å². The zero-order valence-corrected chi connectivity index (χ0v) is 13.4. The molecular formula is C19H24O3. The first-order chi connectivity index (χ1) is 10.4. The lowest BCUT2D eigenvalue weighted by Crippen LogP contribution is -2.56. The molecule has 0 aromatic rings. The highest BCUT2D eigenvalue weighted by Gasteiger charge is 2.75. The molecule has 0 amide bonds. The van der Waals surface area contributed by atoms with Gasteiger partial charge in [-0.1, -0.05) is 19.9 Å². The Morgan fingerprint density at radius 3 is 2.82 bits per heavy atom. The normalized spacial score (nSPS) is 58.6. The van der Waals surface area contributed by atoms with Crippen LogP contribution < -0.4 is 0 Å². The molecule has 1 saturated heterocycles. The van der Waals surface area contributed by atoms with Crippen LogP contribution in [0.25, 0.3) is 0 Å². The molecule has 0 aromatic carbocycles. The number of carbonyl (C=O) groups excluding carboxylic acids is 2. The summed E-state index contributed by atoms with van der Waals surface area (Å²) in [7, 11) is 0. The molecule has 0 N–H and O–H groups in total. The lowest BCUT2D eigenvalue weighted by atomic mass is 9.46. The zero-order chi connectivity index (χ0) is 15.3. The molecule has 1 heterocycles. The molecule has 3 nitrogen and oxygen atoms in total. The fraction of sp³-hybridized carbons (Fsp3) is 0.789. The van der Waals surface area contributed by atoms with Crippen LogP contribution in [0.15, 0.2) is 12.2 Å². The van der Waals surface area contributed by atoms with Crippen molar-refractivity contribution in [3.63, 3.8) is 0 Å². The Bertz CT molecular complexity index is 622. The van der Waals surface area contributed by atoms with Gasteiger partial charge in [-0.15, -0.1) is 0 Å². The van der Waals surface area contributed by atoms with E-state index in [2.05, 4.69) is 19.9 Å². The van der Waals surface area contributed by atoms with Crippen LogP contribution in [-0.2, 0) is 14.3 Å². The summed E-state index contributed by atoms with van der Waals surface area (Å²) in [5, 5.41) is 0. The maximum absolute atomic E-state index is 12.4. The number of epoxide rings is 1. The van der Waals surface area contributed by atoms with E-state index < -0.39 is 0 Å². The second-order valence-corrected chi connectivity index (χ2v) is 8.79. The summed E-state index contributed by atoms with van der Waals surface area (Å²) in [6.45, 7) is 4.52. The standard InChI is InChI=1S/C19H24O3/c1-17-7-6-14-12(13(17)3-4-15(17)21)9-16-19(22-16)10-11(20)5-8-18(14,19)2/h5,8,12-14,16H,3-4,6-7,9-10H2,1-2H3/t12-,13-,14+,16?,17-,18+,19?/m0/s1. The fourth-order valence-electron chi connectivity index (χ4n) is 6.82. The largest absolute Gasteiger partial charge is 0.365 e. The number of allylic oxidation sites excluding steroid dienone is 1. The maximum Gasteiger partial charge on any atom is 0.158 e. The minimum atomic E-state index is -0.212. The van der Waals surface area contributed by atoms with Crippen LogP contribution in [-0.4, -0.2) is 23.3 Å². The molecule has 1 spiro atoms. The Balaban J connectivity index is 1.58. The molecule has 3 saturated carbocycles. The van der Waals surface area contributed by atoms with Gasteiger partial charge < -0.3 is 4.74 Å². The quantitative estimate of drug-likeness (QED) is 0.646. The van der Waals surface area contributed by atoms with Crippen molar-refractivity contribution >= 4 is 11.6 Å². The smallest absolute Gasteiger partial charge is 0.158 e. The zero-order valence-electron chi connectivity index (χ0n) is 13.4. The van der Waals surface area contributed by atoms with E-state index in [1.165, 1.54) is 0 Å². The van der Waals surface area contributed by atoms with Crippen LogP contribution in [0.2, 0.25) is 0 Å². The van der Waals surface area contributed by atoms with E-state index in [1.54, 1.807) is 6.08 Å². The van der Waals surface area contributed by atoms with Gasteiger partial charge >= 0.3 is 0 Å². The molecule has 5 aliphatic rings. The van der Waals surface area contributed by atoms with Crippen molar-refractivity contribution in [3.05, 3.63) is 12.2 Å². The number of hydrogen-bond donors (Lipinski definition) is 0. The van der Waals surface area contributed by atoms with Crippen LogP contribution in [0.4, 0.5) is 0 Å². The molecule has 0 aromatic heterocycles. The first-order valence-corrected chi connectivity index (χ1v) is 8.84. The number of carbonyl (C=O) groups is 2. The van der Waals surface area contributed by atoms with Gasteiger partial charge in [-0.2, -0.15) is 0 Å². The molecule has 4 fully saturated rings. The molecule has 1 aliphatic heterocycles. The molecule has 0 radical (unpaired) electrons. The van der Waals surface area contributed by atoms with Crippen molar-refractivity contribution in [2.24, 2.45) is 28.6 Å². The van der Waals surface area contributed by atoms with E-state index in [4.69, 9.17) is 4.74 Å². The lowest BCUT2D eigenvalue weighted by Gasteiger charge is -2.55. The third-order valence-corrected chi connectivity index (χ3v) is 8.18. The number of ketones is 2. The Morgan fingerprint density at radius 1 is 1.18 bits per heavy atom. The number of rotatable bonds is 0. The SMILES string of the molecule is C[C@]12CC[C@@H]3[C@@H](CC4OC45CC(=O)C=C[C@]35C)[C@@H]1CCC2=O. The average Bonchev–Trinajstić information content (AvgIpc) is 3.08. The van der Waals surface area contributed by atoms with Crippen LogP contribution in [0, 0.1) is 28.6 Å². The van der Waals surface area contributed by atoms with Gasteiger partial charge in [-0.25, -0.2) is 0 Å². The van der Waals surface area contributed by atoms with E-state index in [0.717, 1.165) is 32.1 Å². The van der Waals surface area contributed by atoms with Crippen molar-refractivity contribution in [2.45, 2.75) is 64.1 Å². The Morgan fingerprint density at radius 2 is 2.00 bits per heavy atom. The lowest BCUT2D eigenvalue weighted by molar-refractivity contribution is -0.133. The highest BCUT2D eigenvalue weighted by atomic mass is 16.6. The predicted octanol–water partition coefficient (Wildman–Crippen LogP) is 3.07. The van der Waals surface area contributed by atoms with Crippen molar-refractivity contribution < 1.29 is 14.3 Å². The molecule has 2 unspecified atom stereocenters. The van der Waals surface area contributed by atoms with E-state index in [1.807, 2.05) is 0 Å². The van der Waals surface area contributed by atoms with Gasteiger partial charge in [0.05, 0.1) is 6.10 Å². The third-order valence-electron chi connectivity index (χ3n) is 8.18. The average molecular weight is 300 g/mol. The highest BCUT2D eigenvalue weighted by molar-refractivity contribution is 5.92. The minimum Gasteiger partial charge on any atom is -0.365 e. The Kier molecular flexibility index (Phi) is 2.29. The van der Waals surface area contributed by atoms with Crippen LogP contribution in [0.3, 0.4) is 0 Å². The Labute approximate surface area is 131 Å². The Hall–Kier alpha value is -0.960. The van der Waals surface area contributed by atoms with Gasteiger partial charge in [0.15, 0.2) is 5.78 Å². The first-order valence-electron chi connectivity index (χ1n) is 8.84. The highest BCUT2D eigenvalue weighted by Crippen LogP contribution is 2.71. The summed E-state index contributed by atoms with van der Waals surface area (Å²) >= 11 is 0. The summed E-state index contributed by atoms with van der Waals surface area (Å²) < 4.78 is 6.19. The fourth-order valence-corrected chi connectivity index (χ4v) is 6.82. The second-order valence-electron chi connectivity index (χ2n) is 8.79. The summed E-state index contributed by atoms with van der Waals surface area (Å²) in [4.78, 5) is 24.3. The van der Waals surface area contributed by atoms with Gasteiger partial charge in [0, 0.05) is 23.7 Å². The summed E-state index contributed by atoms with van der Waals surface area (Å²) in [6.07, 6.45) is 9.79. The van der Waals surface area contributed by atoms with E-state index in [-0.39, 0.29) is 28.3 Å². The monoisotopic (exact) mass is 300 g/mol. The van der Waals surface area contributed by atoms with Gasteiger partial charge in [-0.3, -0.25) is 9.59 Å². The molecule has 22 heavy (non-hydrogen) atoms. The summed E-state index contributed by atoms with van der Waals surface area (Å²) in [6, 6.07) is 0. The molecule has 3 heteroatoms. The van der Waals surface area contributed by atoms with Crippen molar-refractivity contribution in [1.82, 2.24) is 0 Å². The van der Waals surface area contributed by atoms with Gasteiger partial charge in [0.25, 0.3) is 0 Å². The summed E-state index contributed by atoms with van der Waals surface area (Å²) in [5.41, 5.74) is -0.307. The van der Waals surface area contributed by atoms with Gasteiger partial charge in [0.1, 0.15) is 11.4 Å². The minimum absolute atomic E-state index is 0.0124. The van der Waals surface area contributed by atoms with Crippen molar-refractivity contribution in [3.8, 4) is 0 Å². The van der Waals surface area contributed by atoms with E-state index >= 15 is 0 Å². The molecule has 0 bridgehead atoms. The number of ether oxygens (including phenoxy) is 1. The van der Waals surface area contributed by atoms with Crippen LogP contribution in [0.5, 0.6) is 0 Å². The molecule has 5 rings (SSSR count). The number of hydrogen-bond acceptors (Lipinski definition) is 3.